The van der Waals surface area contributed by atoms with Crippen molar-refractivity contribution in [1.82, 2.24) is 0 Å². The highest BCUT2D eigenvalue weighted by molar-refractivity contribution is 5.96. The number of nitrogens with one attached hydrogen (secondary N) is 1. The Labute approximate surface area is 146 Å². The molecule has 2 aromatic carbocycles. The molecule has 0 aliphatic heterocycles. The van der Waals surface area contributed by atoms with Gasteiger partial charge in [0.05, 0.1) is 27.8 Å². The van der Waals surface area contributed by atoms with Crippen LogP contribution in [0.3, 0.4) is 0 Å². The molecule has 0 radical (unpaired) electrons. The minimum atomic E-state index is -0.241. The molecule has 0 saturated carbocycles. The summed E-state index contributed by atoms with van der Waals surface area (Å²) in [6, 6.07) is 10.2. The molecule has 0 aliphatic rings. The van der Waals surface area contributed by atoms with Gasteiger partial charge >= 0.3 is 0 Å². The quantitative estimate of drug-likeness (QED) is 0.782. The van der Waals surface area contributed by atoms with E-state index in [0.717, 1.165) is 0 Å². The molecular weight excluding hydrogens is 322 g/mol. The summed E-state index contributed by atoms with van der Waals surface area (Å²) in [4.78, 5) is 23.9. The Balaban J connectivity index is 2.20. The van der Waals surface area contributed by atoms with Gasteiger partial charge in [-0.25, -0.2) is 0 Å². The van der Waals surface area contributed by atoms with E-state index in [1.54, 1.807) is 50.6 Å². The first-order valence-electron chi connectivity index (χ1n) is 7.67. The first kappa shape index (κ1) is 18.3. The molecule has 0 unspecified atom stereocenters. The van der Waals surface area contributed by atoms with Gasteiger partial charge in [-0.1, -0.05) is 0 Å². The lowest BCUT2D eigenvalue weighted by atomic mass is 10.0. The molecule has 132 valence electrons. The third-order valence-electron chi connectivity index (χ3n) is 3.67. The first-order chi connectivity index (χ1) is 12.0. The highest BCUT2D eigenvalue weighted by Crippen LogP contribution is 2.26. The molecule has 6 nitrogen and oxygen atoms in total. The number of methoxy groups -OCH3 is 3. The van der Waals surface area contributed by atoms with E-state index in [-0.39, 0.29) is 18.1 Å². The Hall–Kier alpha value is -3.02. The Kier molecular flexibility index (Phi) is 6.00. The molecule has 6 heteroatoms. The maximum atomic E-state index is 12.4. The number of ether oxygens (including phenoxy) is 3. The predicted molar refractivity (Wildman–Crippen MR) is 94.9 cm³/mol. The van der Waals surface area contributed by atoms with Crippen molar-refractivity contribution in [3.05, 3.63) is 47.5 Å². The second-order valence-electron chi connectivity index (χ2n) is 5.41. The standard InChI is InChI=1S/C19H21NO5/c1-12(21)13-5-6-18(25-4)14(7-13)8-19(22)20-15-9-16(23-2)11-17(10-15)24-3/h5-7,9-11H,8H2,1-4H3,(H,20,22). The summed E-state index contributed by atoms with van der Waals surface area (Å²) in [6.07, 6.45) is 0.0732. The molecule has 0 aliphatic carbocycles. The van der Waals surface area contributed by atoms with Crippen LogP contribution in [-0.2, 0) is 11.2 Å². The van der Waals surface area contributed by atoms with Gasteiger partial charge in [-0.05, 0) is 25.1 Å². The van der Waals surface area contributed by atoms with Crippen molar-refractivity contribution < 1.29 is 23.8 Å². The fourth-order valence-corrected chi connectivity index (χ4v) is 2.39. The van der Waals surface area contributed by atoms with Gasteiger partial charge in [0.15, 0.2) is 5.78 Å². The molecule has 2 rings (SSSR count). The minimum Gasteiger partial charge on any atom is -0.497 e. The Morgan fingerprint density at radius 3 is 2.08 bits per heavy atom. The number of benzene rings is 2. The lowest BCUT2D eigenvalue weighted by molar-refractivity contribution is -0.115. The number of Topliss-reactive ketones (excluding diaryl/α,β-unsaturated/α-hetero) is 1. The van der Waals surface area contributed by atoms with Crippen LogP contribution in [0.15, 0.2) is 36.4 Å². The normalized spacial score (nSPS) is 10.1. The van der Waals surface area contributed by atoms with E-state index in [0.29, 0.717) is 34.1 Å². The van der Waals surface area contributed by atoms with Crippen molar-refractivity contribution in [2.45, 2.75) is 13.3 Å². The maximum Gasteiger partial charge on any atom is 0.228 e. The highest BCUT2D eigenvalue weighted by atomic mass is 16.5. The second kappa shape index (κ2) is 8.19. The van der Waals surface area contributed by atoms with E-state index in [1.165, 1.54) is 14.0 Å². The van der Waals surface area contributed by atoms with Crippen molar-refractivity contribution in [3.63, 3.8) is 0 Å². The van der Waals surface area contributed by atoms with Crippen molar-refractivity contribution in [3.8, 4) is 17.2 Å². The summed E-state index contributed by atoms with van der Waals surface area (Å²) in [5, 5.41) is 2.80. The third-order valence-corrected chi connectivity index (χ3v) is 3.67. The average molecular weight is 343 g/mol. The first-order valence-corrected chi connectivity index (χ1v) is 7.67. The van der Waals surface area contributed by atoms with E-state index in [9.17, 15) is 9.59 Å². The summed E-state index contributed by atoms with van der Waals surface area (Å²) >= 11 is 0. The van der Waals surface area contributed by atoms with Crippen LogP contribution < -0.4 is 19.5 Å². The van der Waals surface area contributed by atoms with E-state index in [4.69, 9.17) is 14.2 Å². The number of carbonyl (C=O) groups excluding carboxylic acids is 2. The van der Waals surface area contributed by atoms with E-state index >= 15 is 0 Å². The lowest BCUT2D eigenvalue weighted by Crippen LogP contribution is -2.15. The molecule has 0 spiro atoms. The number of carbonyl (C=O) groups is 2. The summed E-state index contributed by atoms with van der Waals surface area (Å²) in [7, 11) is 4.61. The van der Waals surface area contributed by atoms with Crippen LogP contribution in [0.2, 0.25) is 0 Å². The molecule has 1 N–H and O–H groups in total. The number of amides is 1. The monoisotopic (exact) mass is 343 g/mol. The average Bonchev–Trinajstić information content (AvgIpc) is 2.60. The van der Waals surface area contributed by atoms with E-state index in [1.807, 2.05) is 0 Å². The molecule has 1 amide bonds. The van der Waals surface area contributed by atoms with Gasteiger partial charge in [-0.15, -0.1) is 0 Å². The summed E-state index contributed by atoms with van der Waals surface area (Å²) < 4.78 is 15.6. The number of rotatable bonds is 7. The molecule has 0 aromatic heterocycles. The predicted octanol–water partition coefficient (Wildman–Crippen LogP) is 3.10. The van der Waals surface area contributed by atoms with Gasteiger partial charge in [0.1, 0.15) is 17.2 Å². The molecule has 0 saturated heterocycles. The number of ketones is 1. The number of hydrogen-bond acceptors (Lipinski definition) is 5. The molecule has 0 atom stereocenters. The van der Waals surface area contributed by atoms with Crippen LogP contribution >= 0.6 is 0 Å². The molecule has 25 heavy (non-hydrogen) atoms. The van der Waals surface area contributed by atoms with Crippen LogP contribution in [0.1, 0.15) is 22.8 Å². The highest BCUT2D eigenvalue weighted by Gasteiger charge is 2.12. The largest absolute Gasteiger partial charge is 0.497 e. The van der Waals surface area contributed by atoms with E-state index < -0.39 is 0 Å². The summed E-state index contributed by atoms with van der Waals surface area (Å²) in [5.41, 5.74) is 1.73. The maximum absolute atomic E-state index is 12.4. The zero-order valence-electron chi connectivity index (χ0n) is 14.7. The molecular formula is C19H21NO5. The van der Waals surface area contributed by atoms with Crippen LogP contribution in [0.4, 0.5) is 5.69 Å². The molecule has 0 bridgehead atoms. The summed E-state index contributed by atoms with van der Waals surface area (Å²) in [6.45, 7) is 1.48. The topological polar surface area (TPSA) is 73.9 Å². The van der Waals surface area contributed by atoms with Gasteiger partial charge < -0.3 is 19.5 Å². The number of hydrogen-bond donors (Lipinski definition) is 1. The van der Waals surface area contributed by atoms with Crippen molar-refractivity contribution in [2.24, 2.45) is 0 Å². The van der Waals surface area contributed by atoms with Gasteiger partial charge in [0, 0.05) is 35.0 Å². The molecule has 0 heterocycles. The lowest BCUT2D eigenvalue weighted by Gasteiger charge is -2.12. The number of anilines is 1. The van der Waals surface area contributed by atoms with Gasteiger partial charge in [0.25, 0.3) is 0 Å². The van der Waals surface area contributed by atoms with Crippen molar-refractivity contribution >= 4 is 17.4 Å². The Morgan fingerprint density at radius 1 is 0.920 bits per heavy atom. The Bertz CT molecular complexity index is 763. The fourth-order valence-electron chi connectivity index (χ4n) is 2.39. The van der Waals surface area contributed by atoms with Crippen LogP contribution in [0.5, 0.6) is 17.2 Å². The smallest absolute Gasteiger partial charge is 0.228 e. The zero-order valence-corrected chi connectivity index (χ0v) is 14.7. The zero-order chi connectivity index (χ0) is 18.4. The van der Waals surface area contributed by atoms with Gasteiger partial charge in [-0.2, -0.15) is 0 Å². The Morgan fingerprint density at radius 2 is 1.56 bits per heavy atom. The van der Waals surface area contributed by atoms with Crippen molar-refractivity contribution in [2.75, 3.05) is 26.6 Å². The summed E-state index contributed by atoms with van der Waals surface area (Å²) in [5.74, 6) is 1.40. The van der Waals surface area contributed by atoms with Gasteiger partial charge in [0.2, 0.25) is 5.91 Å². The van der Waals surface area contributed by atoms with Crippen molar-refractivity contribution in [1.29, 1.82) is 0 Å². The fraction of sp³-hybridized carbons (Fsp3) is 0.263. The van der Waals surface area contributed by atoms with Crippen LogP contribution in [0, 0.1) is 0 Å². The van der Waals surface area contributed by atoms with Crippen LogP contribution in [-0.4, -0.2) is 33.0 Å². The molecule has 2 aromatic rings. The van der Waals surface area contributed by atoms with Gasteiger partial charge in [-0.3, -0.25) is 9.59 Å². The minimum absolute atomic E-state index is 0.0677. The molecule has 0 fully saturated rings. The SMILES string of the molecule is COc1cc(NC(=O)Cc2cc(C(C)=O)ccc2OC)cc(OC)c1. The second-order valence-corrected chi connectivity index (χ2v) is 5.41. The van der Waals surface area contributed by atoms with Crippen LogP contribution in [0.25, 0.3) is 0 Å². The third kappa shape index (κ3) is 4.73. The van der Waals surface area contributed by atoms with E-state index in [2.05, 4.69) is 5.32 Å².